The van der Waals surface area contributed by atoms with Gasteiger partial charge in [0.15, 0.2) is 0 Å². The fraction of sp³-hybridized carbons (Fsp3) is 0.857. The van der Waals surface area contributed by atoms with Gasteiger partial charge < -0.3 is 5.32 Å². The smallest absolute Gasteiger partial charge is 0.0220 e. The zero-order valence-corrected chi connectivity index (χ0v) is 11.4. The second kappa shape index (κ2) is 7.08. The SMILES string of the molecule is C/C=C/CN1CC(C(C)CC)NCCC1C. The molecule has 0 bridgehead atoms. The molecule has 1 saturated heterocycles. The minimum absolute atomic E-state index is 0.667. The summed E-state index contributed by atoms with van der Waals surface area (Å²) in [6, 6.07) is 1.37. The van der Waals surface area contributed by atoms with Crippen LogP contribution in [-0.4, -0.2) is 36.6 Å². The van der Waals surface area contributed by atoms with E-state index < -0.39 is 0 Å². The summed E-state index contributed by atoms with van der Waals surface area (Å²) in [5.74, 6) is 0.776. The summed E-state index contributed by atoms with van der Waals surface area (Å²) in [7, 11) is 0. The minimum atomic E-state index is 0.667. The van der Waals surface area contributed by atoms with E-state index >= 15 is 0 Å². The van der Waals surface area contributed by atoms with Crippen molar-refractivity contribution in [3.05, 3.63) is 12.2 Å². The molecule has 2 nitrogen and oxygen atoms in total. The van der Waals surface area contributed by atoms with Crippen LogP contribution in [0.4, 0.5) is 0 Å². The Kier molecular flexibility index (Phi) is 6.07. The first-order valence-corrected chi connectivity index (χ1v) is 6.77. The molecule has 16 heavy (non-hydrogen) atoms. The largest absolute Gasteiger partial charge is 0.312 e. The fourth-order valence-electron chi connectivity index (χ4n) is 2.32. The normalized spacial score (nSPS) is 30.5. The van der Waals surface area contributed by atoms with Crippen molar-refractivity contribution in [2.75, 3.05) is 19.6 Å². The molecule has 0 spiro atoms. The van der Waals surface area contributed by atoms with E-state index in [4.69, 9.17) is 0 Å². The number of hydrogen-bond donors (Lipinski definition) is 1. The predicted molar refractivity (Wildman–Crippen MR) is 71.7 cm³/mol. The summed E-state index contributed by atoms with van der Waals surface area (Å²) in [4.78, 5) is 2.61. The number of allylic oxidation sites excluding steroid dienone is 1. The lowest BCUT2D eigenvalue weighted by Gasteiger charge is -2.30. The zero-order chi connectivity index (χ0) is 12.0. The maximum atomic E-state index is 3.70. The van der Waals surface area contributed by atoms with Crippen molar-refractivity contribution in [3.8, 4) is 0 Å². The maximum Gasteiger partial charge on any atom is 0.0220 e. The third-order valence-corrected chi connectivity index (χ3v) is 3.93. The van der Waals surface area contributed by atoms with Crippen LogP contribution in [0.1, 0.15) is 40.5 Å². The molecule has 0 aromatic heterocycles. The van der Waals surface area contributed by atoms with Crippen molar-refractivity contribution in [3.63, 3.8) is 0 Å². The maximum absolute atomic E-state index is 3.70. The van der Waals surface area contributed by atoms with Crippen LogP contribution in [0, 0.1) is 5.92 Å². The standard InChI is InChI=1S/C14H28N2/c1-5-7-10-16-11-14(12(3)6-2)15-9-8-13(16)4/h5,7,12-15H,6,8-11H2,1-4H3/b7-5+. The van der Waals surface area contributed by atoms with E-state index in [2.05, 4.69) is 50.1 Å². The van der Waals surface area contributed by atoms with Crippen LogP contribution < -0.4 is 5.32 Å². The van der Waals surface area contributed by atoms with Crippen LogP contribution in [0.3, 0.4) is 0 Å². The van der Waals surface area contributed by atoms with Crippen molar-refractivity contribution in [2.24, 2.45) is 5.92 Å². The highest BCUT2D eigenvalue weighted by Crippen LogP contribution is 2.15. The van der Waals surface area contributed by atoms with Gasteiger partial charge in [-0.2, -0.15) is 0 Å². The van der Waals surface area contributed by atoms with Gasteiger partial charge in [-0.05, 0) is 32.7 Å². The molecular formula is C14H28N2. The van der Waals surface area contributed by atoms with E-state index in [1.54, 1.807) is 0 Å². The Balaban J connectivity index is 2.58. The Labute approximate surface area is 101 Å². The lowest BCUT2D eigenvalue weighted by Crippen LogP contribution is -2.43. The van der Waals surface area contributed by atoms with Gasteiger partial charge in [-0.25, -0.2) is 0 Å². The molecule has 1 aliphatic heterocycles. The second-order valence-corrected chi connectivity index (χ2v) is 5.11. The first-order chi connectivity index (χ1) is 7.69. The van der Waals surface area contributed by atoms with Crippen LogP contribution in [-0.2, 0) is 0 Å². The lowest BCUT2D eigenvalue weighted by molar-refractivity contribution is 0.207. The van der Waals surface area contributed by atoms with Crippen molar-refractivity contribution >= 4 is 0 Å². The quantitative estimate of drug-likeness (QED) is 0.739. The highest BCUT2D eigenvalue weighted by molar-refractivity contribution is 4.89. The molecule has 0 radical (unpaired) electrons. The summed E-state index contributed by atoms with van der Waals surface area (Å²) in [6.07, 6.45) is 6.97. The molecule has 0 aliphatic carbocycles. The first-order valence-electron chi connectivity index (χ1n) is 6.77. The molecule has 3 atom stereocenters. The molecule has 2 heteroatoms. The summed E-state index contributed by atoms with van der Waals surface area (Å²) in [6.45, 7) is 12.6. The average Bonchev–Trinajstić information content (AvgIpc) is 2.48. The Hall–Kier alpha value is -0.340. The Bertz CT molecular complexity index is 213. The highest BCUT2D eigenvalue weighted by Gasteiger charge is 2.24. The van der Waals surface area contributed by atoms with Gasteiger partial charge in [-0.1, -0.05) is 32.4 Å². The van der Waals surface area contributed by atoms with Gasteiger partial charge in [0.05, 0.1) is 0 Å². The molecule has 1 fully saturated rings. The molecule has 1 heterocycles. The number of nitrogens with one attached hydrogen (secondary N) is 1. The average molecular weight is 224 g/mol. The van der Waals surface area contributed by atoms with Crippen LogP contribution in [0.5, 0.6) is 0 Å². The van der Waals surface area contributed by atoms with Crippen LogP contribution in [0.2, 0.25) is 0 Å². The number of hydrogen-bond acceptors (Lipinski definition) is 2. The third kappa shape index (κ3) is 3.91. The summed E-state index contributed by atoms with van der Waals surface area (Å²) in [5.41, 5.74) is 0. The molecular weight excluding hydrogens is 196 g/mol. The summed E-state index contributed by atoms with van der Waals surface area (Å²) in [5, 5.41) is 3.70. The second-order valence-electron chi connectivity index (χ2n) is 5.11. The fourth-order valence-corrected chi connectivity index (χ4v) is 2.32. The van der Waals surface area contributed by atoms with Gasteiger partial charge >= 0.3 is 0 Å². The molecule has 94 valence electrons. The topological polar surface area (TPSA) is 15.3 Å². The summed E-state index contributed by atoms with van der Waals surface area (Å²) < 4.78 is 0. The number of rotatable bonds is 4. The third-order valence-electron chi connectivity index (χ3n) is 3.93. The molecule has 1 N–H and O–H groups in total. The van der Waals surface area contributed by atoms with Gasteiger partial charge in [0.2, 0.25) is 0 Å². The minimum Gasteiger partial charge on any atom is -0.312 e. The van der Waals surface area contributed by atoms with Crippen molar-refractivity contribution in [2.45, 2.75) is 52.6 Å². The van der Waals surface area contributed by atoms with Crippen LogP contribution >= 0.6 is 0 Å². The first kappa shape index (κ1) is 13.7. The predicted octanol–water partition coefficient (Wildman–Crippen LogP) is 2.66. The van der Waals surface area contributed by atoms with Crippen molar-refractivity contribution < 1.29 is 0 Å². The van der Waals surface area contributed by atoms with E-state index in [1.807, 2.05) is 0 Å². The van der Waals surface area contributed by atoms with Crippen LogP contribution in [0.25, 0.3) is 0 Å². The molecule has 0 aromatic rings. The van der Waals surface area contributed by atoms with Gasteiger partial charge in [-0.3, -0.25) is 4.90 Å². The molecule has 0 amide bonds. The molecule has 3 unspecified atom stereocenters. The zero-order valence-electron chi connectivity index (χ0n) is 11.4. The summed E-state index contributed by atoms with van der Waals surface area (Å²) >= 11 is 0. The Morgan fingerprint density at radius 3 is 2.88 bits per heavy atom. The monoisotopic (exact) mass is 224 g/mol. The molecule has 1 aliphatic rings. The van der Waals surface area contributed by atoms with Crippen molar-refractivity contribution in [1.29, 1.82) is 0 Å². The van der Waals surface area contributed by atoms with Crippen molar-refractivity contribution in [1.82, 2.24) is 10.2 Å². The molecule has 1 rings (SSSR count). The van der Waals surface area contributed by atoms with Gasteiger partial charge in [-0.15, -0.1) is 0 Å². The van der Waals surface area contributed by atoms with E-state index in [9.17, 15) is 0 Å². The highest BCUT2D eigenvalue weighted by atomic mass is 15.2. The number of nitrogens with zero attached hydrogens (tertiary/aromatic N) is 1. The van der Waals surface area contributed by atoms with Gasteiger partial charge in [0.25, 0.3) is 0 Å². The van der Waals surface area contributed by atoms with E-state index in [-0.39, 0.29) is 0 Å². The Morgan fingerprint density at radius 1 is 1.50 bits per heavy atom. The molecule has 0 aromatic carbocycles. The van der Waals surface area contributed by atoms with Gasteiger partial charge in [0.1, 0.15) is 0 Å². The van der Waals surface area contributed by atoms with E-state index in [1.165, 1.54) is 25.9 Å². The Morgan fingerprint density at radius 2 is 2.25 bits per heavy atom. The van der Waals surface area contributed by atoms with E-state index in [0.29, 0.717) is 12.1 Å². The van der Waals surface area contributed by atoms with Crippen LogP contribution in [0.15, 0.2) is 12.2 Å². The molecule has 0 saturated carbocycles. The van der Waals surface area contributed by atoms with E-state index in [0.717, 1.165) is 12.5 Å². The lowest BCUT2D eigenvalue weighted by atomic mass is 9.99. The van der Waals surface area contributed by atoms with Gasteiger partial charge in [0, 0.05) is 25.2 Å².